The van der Waals surface area contributed by atoms with Crippen LogP contribution in [0.3, 0.4) is 0 Å². The van der Waals surface area contributed by atoms with Crippen molar-refractivity contribution in [1.82, 2.24) is 9.13 Å². The maximum atomic E-state index is 13.6. The van der Waals surface area contributed by atoms with Crippen LogP contribution < -0.4 is 91.0 Å². The number of carbonyl (C=O) groups excluding carboxylic acids is 5. The molecule has 0 saturated carbocycles. The Morgan fingerprint density at radius 3 is 1.23 bits per heavy atom. The summed E-state index contributed by atoms with van der Waals surface area (Å²) in [6, 6.07) is 23.9. The predicted octanol–water partition coefficient (Wildman–Crippen LogP) is 0.250. The maximum Gasteiger partial charge on any atom is 1.00 e. The summed E-state index contributed by atoms with van der Waals surface area (Å²) in [5.74, 6) is -3.19. The Morgan fingerprint density at radius 1 is 0.425 bits per heavy atom. The zero-order valence-corrected chi connectivity index (χ0v) is 49.9. The summed E-state index contributed by atoms with van der Waals surface area (Å²) in [4.78, 5) is 64.2. The summed E-state index contributed by atoms with van der Waals surface area (Å²) < 4.78 is 145. The first kappa shape index (κ1) is 62.4. The molecule has 2 heterocycles. The minimum atomic E-state index is -5.38. The number of aromatic nitrogens is 2. The standard InChI is InChI=1S/C49H42N8O17S4.2Na/c1-25-37(23-39(56(25)3)47(60)52-35-19-17-31-33(43(35)77(69,70)71)13-7-15-41(31)75(63,64)65)54-45(58)27-9-5-11-29(21-27)50-49(62)51-30-12-6-10-28(22-30)46(59)55-38-24-40(57(4)26(38)2)48(61)53-36-20-18-32-34(44(36)78(72,73)74)14-8-16-42(32)76(66,67)68;;/h5-24H,1-4H3,(H,52,60)(H,53,61)(H,54,58)(H,55,59)(H2,50,51,62)(H,63,64,65)(H,66,67,68)(H,69,70,71)(H,72,73,74);;/q;2*+1/p-2. The Balaban J connectivity index is 0.00000516. The third-order valence-corrected chi connectivity index (χ3v) is 16.0. The van der Waals surface area contributed by atoms with Crippen molar-refractivity contribution >= 4 is 126 Å². The van der Waals surface area contributed by atoms with Crippen molar-refractivity contribution in [2.45, 2.75) is 33.4 Å². The first-order valence-electron chi connectivity index (χ1n) is 22.3. The van der Waals surface area contributed by atoms with Crippen LogP contribution in [0.2, 0.25) is 0 Å². The summed E-state index contributed by atoms with van der Waals surface area (Å²) in [5, 5.41) is 13.9. The third kappa shape index (κ3) is 13.2. The Hall–Kier alpha value is -6.81. The van der Waals surface area contributed by atoms with E-state index in [4.69, 9.17) is 0 Å². The second kappa shape index (κ2) is 23.7. The van der Waals surface area contributed by atoms with E-state index in [2.05, 4.69) is 31.9 Å². The number of hydrogen-bond donors (Lipinski definition) is 8. The fraction of sp³-hybridized carbons (Fsp3) is 0.0816. The van der Waals surface area contributed by atoms with Gasteiger partial charge in [0.2, 0.25) is 0 Å². The molecule has 0 saturated heterocycles. The zero-order valence-electron chi connectivity index (χ0n) is 42.6. The normalized spacial score (nSPS) is 11.7. The van der Waals surface area contributed by atoms with E-state index < -0.39 is 106 Å². The molecule has 6 aromatic carbocycles. The molecule has 8 N–H and O–H groups in total. The fourth-order valence-electron chi connectivity index (χ4n) is 8.41. The molecule has 0 aliphatic carbocycles. The van der Waals surface area contributed by atoms with Crippen LogP contribution in [-0.4, -0.2) is 90.7 Å². The van der Waals surface area contributed by atoms with Gasteiger partial charge < -0.3 is 50.1 Å². The molecule has 31 heteroatoms. The topological polar surface area (TPSA) is 391 Å². The molecule has 8 rings (SSSR count). The second-order valence-electron chi connectivity index (χ2n) is 17.2. The van der Waals surface area contributed by atoms with Gasteiger partial charge >= 0.3 is 65.1 Å². The van der Waals surface area contributed by atoms with E-state index in [-0.39, 0.29) is 121 Å². The third-order valence-electron chi connectivity index (χ3n) is 12.3. The van der Waals surface area contributed by atoms with Crippen molar-refractivity contribution in [2.75, 3.05) is 31.9 Å². The number of nitrogens with one attached hydrogen (secondary N) is 6. The fourth-order valence-corrected chi connectivity index (χ4v) is 11.5. The molecule has 8 aromatic rings. The summed E-state index contributed by atoms with van der Waals surface area (Å²) in [6.07, 6.45) is 0. The number of rotatable bonds is 14. The Labute approximate surface area is 500 Å². The molecule has 0 aliphatic heterocycles. The number of anilines is 6. The van der Waals surface area contributed by atoms with Crippen LogP contribution in [0, 0.1) is 13.8 Å². The molecule has 0 aliphatic rings. The molecular weight excluding hydrogens is 1150 g/mol. The van der Waals surface area contributed by atoms with Crippen molar-refractivity contribution in [2.24, 2.45) is 14.1 Å². The van der Waals surface area contributed by atoms with Crippen LogP contribution in [0.1, 0.15) is 53.1 Å². The minimum absolute atomic E-state index is 0. The van der Waals surface area contributed by atoms with Gasteiger partial charge in [0, 0.05) is 69.5 Å². The largest absolute Gasteiger partial charge is 1.00 e. The van der Waals surface area contributed by atoms with Crippen molar-refractivity contribution in [1.29, 1.82) is 0 Å². The molecule has 6 amide bonds. The Kier molecular flexibility index (Phi) is 18.5. The van der Waals surface area contributed by atoms with Crippen LogP contribution in [-0.2, 0) is 54.6 Å². The van der Waals surface area contributed by atoms with Crippen LogP contribution in [0.15, 0.2) is 141 Å². The summed E-state index contributed by atoms with van der Waals surface area (Å²) in [5.41, 5.74) is 0.288. The number of amides is 6. The molecule has 0 bridgehead atoms. The molecule has 2 aromatic heterocycles. The van der Waals surface area contributed by atoms with Gasteiger partial charge in [-0.1, -0.05) is 48.5 Å². The number of hydrogen-bond acceptors (Lipinski definition) is 15. The molecular formula is C49H40N8Na2O17S4. The van der Waals surface area contributed by atoms with Crippen LogP contribution >= 0.6 is 0 Å². The van der Waals surface area contributed by atoms with Crippen molar-refractivity contribution in [3.63, 3.8) is 0 Å². The van der Waals surface area contributed by atoms with Crippen molar-refractivity contribution in [3.05, 3.63) is 155 Å². The van der Waals surface area contributed by atoms with Gasteiger partial charge in [0.15, 0.2) is 0 Å². The molecule has 0 fully saturated rings. The monoisotopic (exact) mass is 1190 g/mol. The van der Waals surface area contributed by atoms with Crippen LogP contribution in [0.25, 0.3) is 21.5 Å². The molecule has 25 nitrogen and oxygen atoms in total. The predicted molar refractivity (Wildman–Crippen MR) is 281 cm³/mol. The Bertz CT molecular complexity index is 4120. The molecule has 0 radical (unpaired) electrons. The minimum Gasteiger partial charge on any atom is -0.744 e. The average Bonchev–Trinajstić information content (AvgIpc) is 3.82. The average molecular weight is 1190 g/mol. The van der Waals surface area contributed by atoms with Gasteiger partial charge in [-0.2, -0.15) is 16.8 Å². The number of urea groups is 1. The van der Waals surface area contributed by atoms with E-state index >= 15 is 0 Å². The second-order valence-corrected chi connectivity index (χ2v) is 22.6. The van der Waals surface area contributed by atoms with Crippen LogP contribution in [0.5, 0.6) is 0 Å². The molecule has 0 atom stereocenters. The smallest absolute Gasteiger partial charge is 0.744 e. The number of benzene rings is 6. The van der Waals surface area contributed by atoms with Gasteiger partial charge in [-0.25, -0.2) is 21.6 Å². The molecule has 404 valence electrons. The van der Waals surface area contributed by atoms with E-state index in [1.165, 1.54) is 90.0 Å². The first-order valence-corrected chi connectivity index (χ1v) is 28.0. The van der Waals surface area contributed by atoms with Gasteiger partial charge in [-0.3, -0.25) is 28.3 Å². The summed E-state index contributed by atoms with van der Waals surface area (Å²) in [6.45, 7) is 3.13. The Morgan fingerprint density at radius 2 is 0.812 bits per heavy atom. The first-order chi connectivity index (χ1) is 36.4. The van der Waals surface area contributed by atoms with Gasteiger partial charge in [0.25, 0.3) is 43.9 Å². The quantitative estimate of drug-likeness (QED) is 0.0534. The zero-order chi connectivity index (χ0) is 57.0. The SMILES string of the molecule is Cc1c(NC(=O)c2cccc(NC(=O)Nc3cccc(C(=O)Nc4cc(C(=O)Nc5ccc6c(S(=O)(=O)O)cccc6c5S(=O)(=O)O)n(C)c4C)c3)c2)cc(C(=O)Nc2ccc3c(S(=O)(=O)[O-])cccc3c2S(=O)(=O)[O-])n1C.[Na+].[Na+]. The number of carbonyl (C=O) groups is 5. The molecule has 0 unspecified atom stereocenters. The van der Waals surface area contributed by atoms with Crippen molar-refractivity contribution in [3.8, 4) is 0 Å². The van der Waals surface area contributed by atoms with Crippen LogP contribution in [0.4, 0.5) is 38.9 Å². The number of nitrogens with zero attached hydrogens (tertiary/aromatic N) is 2. The van der Waals surface area contributed by atoms with Gasteiger partial charge in [0.05, 0.1) is 32.5 Å². The van der Waals surface area contributed by atoms with Gasteiger partial charge in [-0.15, -0.1) is 0 Å². The van der Waals surface area contributed by atoms with E-state index in [1.54, 1.807) is 13.8 Å². The summed E-state index contributed by atoms with van der Waals surface area (Å²) >= 11 is 0. The van der Waals surface area contributed by atoms with E-state index in [0.717, 1.165) is 54.6 Å². The maximum absolute atomic E-state index is 13.6. The van der Waals surface area contributed by atoms with Gasteiger partial charge in [-0.05, 0) is 86.6 Å². The molecule has 0 spiro atoms. The van der Waals surface area contributed by atoms with E-state index in [1.807, 2.05) is 0 Å². The molecule has 80 heavy (non-hydrogen) atoms. The van der Waals surface area contributed by atoms with Gasteiger partial charge in [0.1, 0.15) is 41.4 Å². The number of fused-ring (bicyclic) bond motifs is 2. The van der Waals surface area contributed by atoms with E-state index in [9.17, 15) is 75.9 Å². The summed E-state index contributed by atoms with van der Waals surface area (Å²) in [7, 11) is -17.5. The van der Waals surface area contributed by atoms with E-state index in [0.29, 0.717) is 11.4 Å². The van der Waals surface area contributed by atoms with Crippen molar-refractivity contribution < 1.29 is 135 Å².